The van der Waals surface area contributed by atoms with Crippen LogP contribution in [0.3, 0.4) is 0 Å². The van der Waals surface area contributed by atoms with Crippen LogP contribution >= 0.6 is 0 Å². The molecule has 2 aromatic rings. The van der Waals surface area contributed by atoms with Gasteiger partial charge in [-0.25, -0.2) is 14.0 Å². The van der Waals surface area contributed by atoms with Gasteiger partial charge in [0.2, 0.25) is 0 Å². The third kappa shape index (κ3) is 8.00. The number of rotatable bonds is 6. The van der Waals surface area contributed by atoms with Gasteiger partial charge in [0, 0.05) is 12.2 Å². The topological polar surface area (TPSA) is 93.7 Å². The highest BCUT2D eigenvalue weighted by atomic mass is 19.1. The Morgan fingerprint density at radius 3 is 2.38 bits per heavy atom. The van der Waals surface area contributed by atoms with Crippen LogP contribution in [0.4, 0.5) is 14.9 Å². The van der Waals surface area contributed by atoms with E-state index in [1.807, 2.05) is 0 Å². The molecule has 0 aliphatic carbocycles. The lowest BCUT2D eigenvalue weighted by Crippen LogP contribution is -2.28. The van der Waals surface area contributed by atoms with E-state index < -0.39 is 30.2 Å². The van der Waals surface area contributed by atoms with Crippen molar-refractivity contribution < 1.29 is 28.2 Å². The predicted molar refractivity (Wildman–Crippen MR) is 105 cm³/mol. The maximum atomic E-state index is 12.9. The van der Waals surface area contributed by atoms with Gasteiger partial charge in [0.1, 0.15) is 11.4 Å². The third-order valence-corrected chi connectivity index (χ3v) is 3.48. The summed E-state index contributed by atoms with van der Waals surface area (Å²) >= 11 is 0. The Labute approximate surface area is 168 Å². The first-order chi connectivity index (χ1) is 13.6. The van der Waals surface area contributed by atoms with E-state index in [2.05, 4.69) is 10.6 Å². The SMILES string of the molecule is CC(C)(C)OC(=O)Nc1cccc(C(=O)OCC(=O)NCc2ccc(F)cc2)c1. The summed E-state index contributed by atoms with van der Waals surface area (Å²) in [4.78, 5) is 35.8. The number of benzene rings is 2. The van der Waals surface area contributed by atoms with Crippen LogP contribution in [0.15, 0.2) is 48.5 Å². The molecule has 0 unspecified atom stereocenters. The molecule has 2 rings (SSSR count). The number of carbonyl (C=O) groups excluding carboxylic acids is 3. The molecule has 0 fully saturated rings. The Balaban J connectivity index is 1.83. The van der Waals surface area contributed by atoms with Crippen LogP contribution in [0.2, 0.25) is 0 Å². The molecule has 0 heterocycles. The Morgan fingerprint density at radius 1 is 1.03 bits per heavy atom. The van der Waals surface area contributed by atoms with Gasteiger partial charge in [0.05, 0.1) is 5.56 Å². The lowest BCUT2D eigenvalue weighted by molar-refractivity contribution is -0.124. The average Bonchev–Trinajstić information content (AvgIpc) is 2.64. The lowest BCUT2D eigenvalue weighted by Gasteiger charge is -2.19. The van der Waals surface area contributed by atoms with Gasteiger partial charge >= 0.3 is 12.1 Å². The first-order valence-electron chi connectivity index (χ1n) is 8.91. The van der Waals surface area contributed by atoms with Gasteiger partial charge in [-0.1, -0.05) is 18.2 Å². The van der Waals surface area contributed by atoms with Crippen molar-refractivity contribution in [3.8, 4) is 0 Å². The summed E-state index contributed by atoms with van der Waals surface area (Å²) in [6.45, 7) is 4.93. The molecule has 29 heavy (non-hydrogen) atoms. The van der Waals surface area contributed by atoms with Crippen molar-refractivity contribution >= 4 is 23.7 Å². The maximum absolute atomic E-state index is 12.9. The summed E-state index contributed by atoms with van der Waals surface area (Å²) < 4.78 is 23.0. The van der Waals surface area contributed by atoms with Crippen molar-refractivity contribution in [1.82, 2.24) is 5.32 Å². The monoisotopic (exact) mass is 402 g/mol. The number of amides is 2. The van der Waals surface area contributed by atoms with Crippen molar-refractivity contribution in [1.29, 1.82) is 0 Å². The Bertz CT molecular complexity index is 875. The zero-order chi connectivity index (χ0) is 21.4. The van der Waals surface area contributed by atoms with Crippen LogP contribution in [0, 0.1) is 5.82 Å². The maximum Gasteiger partial charge on any atom is 0.412 e. The predicted octanol–water partition coefficient (Wildman–Crippen LogP) is 3.65. The fraction of sp³-hybridized carbons (Fsp3) is 0.286. The largest absolute Gasteiger partial charge is 0.452 e. The van der Waals surface area contributed by atoms with Crippen molar-refractivity contribution in [2.45, 2.75) is 32.9 Å². The highest BCUT2D eigenvalue weighted by Crippen LogP contribution is 2.14. The number of carbonyl (C=O) groups is 3. The fourth-order valence-electron chi connectivity index (χ4n) is 2.21. The molecule has 2 amide bonds. The number of hydrogen-bond donors (Lipinski definition) is 2. The van der Waals surface area contributed by atoms with Crippen LogP contribution in [0.25, 0.3) is 0 Å². The first kappa shape index (κ1) is 21.9. The van der Waals surface area contributed by atoms with E-state index in [0.29, 0.717) is 11.3 Å². The molecule has 0 saturated carbocycles. The van der Waals surface area contributed by atoms with Gasteiger partial charge in [0.15, 0.2) is 6.61 Å². The number of ether oxygens (including phenoxy) is 2. The number of hydrogen-bond acceptors (Lipinski definition) is 5. The lowest BCUT2D eigenvalue weighted by atomic mass is 10.2. The quantitative estimate of drug-likeness (QED) is 0.720. The molecular formula is C21H23FN2O5. The smallest absolute Gasteiger partial charge is 0.412 e. The molecule has 0 bridgehead atoms. The van der Waals surface area contributed by atoms with Crippen LogP contribution in [-0.2, 0) is 20.8 Å². The van der Waals surface area contributed by atoms with Crippen molar-refractivity contribution in [3.05, 3.63) is 65.5 Å². The van der Waals surface area contributed by atoms with Gasteiger partial charge in [-0.2, -0.15) is 0 Å². The second kappa shape index (κ2) is 9.68. The first-order valence-corrected chi connectivity index (χ1v) is 8.91. The van der Waals surface area contributed by atoms with Crippen molar-refractivity contribution in [2.24, 2.45) is 0 Å². The van der Waals surface area contributed by atoms with Crippen LogP contribution in [0.1, 0.15) is 36.7 Å². The molecule has 7 nitrogen and oxygen atoms in total. The molecule has 0 aliphatic rings. The molecular weight excluding hydrogens is 379 g/mol. The Kier molecular flexibility index (Phi) is 7.30. The minimum Gasteiger partial charge on any atom is -0.452 e. The molecule has 0 aliphatic heterocycles. The third-order valence-electron chi connectivity index (χ3n) is 3.48. The summed E-state index contributed by atoms with van der Waals surface area (Å²) in [7, 11) is 0. The van der Waals surface area contributed by atoms with E-state index >= 15 is 0 Å². The standard InChI is InChI=1S/C21H23FN2O5/c1-21(2,3)29-20(27)24-17-6-4-5-15(11-17)19(26)28-13-18(25)23-12-14-7-9-16(22)10-8-14/h4-11H,12-13H2,1-3H3,(H,23,25)(H,24,27). The molecule has 0 aromatic heterocycles. The van der Waals surface area contributed by atoms with E-state index in [-0.39, 0.29) is 17.9 Å². The molecule has 2 N–H and O–H groups in total. The summed E-state index contributed by atoms with van der Waals surface area (Å²) in [6, 6.07) is 11.8. The Morgan fingerprint density at radius 2 is 1.72 bits per heavy atom. The van der Waals surface area contributed by atoms with Crippen molar-refractivity contribution in [2.75, 3.05) is 11.9 Å². The second-order valence-corrected chi connectivity index (χ2v) is 7.19. The Hall–Kier alpha value is -3.42. The van der Waals surface area contributed by atoms with E-state index in [1.54, 1.807) is 45.0 Å². The highest BCUT2D eigenvalue weighted by molar-refractivity contribution is 5.93. The minimum atomic E-state index is -0.713. The average molecular weight is 402 g/mol. The molecule has 2 aromatic carbocycles. The normalized spacial score (nSPS) is 10.8. The van der Waals surface area contributed by atoms with Crippen LogP contribution in [-0.4, -0.2) is 30.2 Å². The molecule has 0 radical (unpaired) electrons. The van der Waals surface area contributed by atoms with Crippen molar-refractivity contribution in [3.63, 3.8) is 0 Å². The minimum absolute atomic E-state index is 0.171. The number of halogens is 1. The highest BCUT2D eigenvalue weighted by Gasteiger charge is 2.17. The molecule has 0 atom stereocenters. The summed E-state index contributed by atoms with van der Waals surface area (Å²) in [6.07, 6.45) is -0.650. The molecule has 0 spiro atoms. The van der Waals surface area contributed by atoms with E-state index in [0.717, 1.165) is 0 Å². The summed E-state index contributed by atoms with van der Waals surface area (Å²) in [5.74, 6) is -1.57. The van der Waals surface area contributed by atoms with E-state index in [9.17, 15) is 18.8 Å². The van der Waals surface area contributed by atoms with E-state index in [1.165, 1.54) is 24.3 Å². The molecule has 8 heteroatoms. The zero-order valence-corrected chi connectivity index (χ0v) is 16.5. The van der Waals surface area contributed by atoms with Crippen LogP contribution < -0.4 is 10.6 Å². The van der Waals surface area contributed by atoms with Gasteiger partial charge < -0.3 is 14.8 Å². The summed E-state index contributed by atoms with van der Waals surface area (Å²) in [5.41, 5.74) is 0.591. The molecule has 154 valence electrons. The fourth-order valence-corrected chi connectivity index (χ4v) is 2.21. The van der Waals surface area contributed by atoms with Gasteiger partial charge in [-0.15, -0.1) is 0 Å². The molecule has 0 saturated heterocycles. The summed E-state index contributed by atoms with van der Waals surface area (Å²) in [5, 5.41) is 5.10. The van der Waals surface area contributed by atoms with E-state index in [4.69, 9.17) is 9.47 Å². The van der Waals surface area contributed by atoms with Crippen LogP contribution in [0.5, 0.6) is 0 Å². The number of anilines is 1. The number of nitrogens with one attached hydrogen (secondary N) is 2. The van der Waals surface area contributed by atoms with Gasteiger partial charge in [0.25, 0.3) is 5.91 Å². The van der Waals surface area contributed by atoms with Gasteiger partial charge in [-0.3, -0.25) is 10.1 Å². The second-order valence-electron chi connectivity index (χ2n) is 7.19. The van der Waals surface area contributed by atoms with Gasteiger partial charge in [-0.05, 0) is 56.7 Å². The number of esters is 1. The zero-order valence-electron chi connectivity index (χ0n) is 16.5.